The number of halogens is 2. The van der Waals surface area contributed by atoms with Crippen LogP contribution in [0.2, 0.25) is 5.02 Å². The van der Waals surface area contributed by atoms with Crippen molar-refractivity contribution in [1.29, 1.82) is 0 Å². The van der Waals surface area contributed by atoms with Crippen LogP contribution in [0.4, 0.5) is 0 Å². The van der Waals surface area contributed by atoms with E-state index in [1.807, 2.05) is 35.2 Å². The second-order valence-corrected chi connectivity index (χ2v) is 12.5. The van der Waals surface area contributed by atoms with E-state index in [2.05, 4.69) is 44.3 Å². The molecule has 2 aliphatic heterocycles. The van der Waals surface area contributed by atoms with E-state index < -0.39 is 0 Å². The van der Waals surface area contributed by atoms with Crippen molar-refractivity contribution in [3.8, 4) is 0 Å². The average Bonchev–Trinajstić information content (AvgIpc) is 3.54. The molecule has 37 heavy (non-hydrogen) atoms. The monoisotopic (exact) mass is 585 g/mol. The predicted molar refractivity (Wildman–Crippen MR) is 151 cm³/mol. The summed E-state index contributed by atoms with van der Waals surface area (Å²) >= 11 is 9.78. The fourth-order valence-corrected chi connectivity index (χ4v) is 6.82. The van der Waals surface area contributed by atoms with Crippen molar-refractivity contribution in [2.24, 2.45) is 11.3 Å². The number of carbonyl (C=O) groups excluding carboxylic acids is 2. The molecular formula is C30H37BrClN3O2. The molecule has 7 heteroatoms. The third-order valence-electron chi connectivity index (χ3n) is 8.73. The van der Waals surface area contributed by atoms with Crippen LogP contribution in [-0.2, 0) is 16.1 Å². The van der Waals surface area contributed by atoms with Gasteiger partial charge in [0.1, 0.15) is 0 Å². The van der Waals surface area contributed by atoms with Crippen molar-refractivity contribution >= 4 is 39.3 Å². The number of nitrogens with zero attached hydrogens (tertiary/aromatic N) is 2. The second kappa shape index (κ2) is 11.9. The third kappa shape index (κ3) is 6.40. The summed E-state index contributed by atoms with van der Waals surface area (Å²) in [5.74, 6) is 0.656. The first-order valence-corrected chi connectivity index (χ1v) is 14.9. The van der Waals surface area contributed by atoms with Crippen LogP contribution in [0.1, 0.15) is 68.5 Å². The van der Waals surface area contributed by atoms with Gasteiger partial charge in [-0.25, -0.2) is 0 Å². The number of amides is 2. The minimum absolute atomic E-state index is 0.0443. The number of nitrogens with one attached hydrogen (secondary N) is 1. The van der Waals surface area contributed by atoms with Crippen molar-refractivity contribution in [2.45, 2.75) is 64.0 Å². The zero-order valence-electron chi connectivity index (χ0n) is 21.4. The minimum Gasteiger partial charge on any atom is -0.349 e. The van der Waals surface area contributed by atoms with E-state index in [9.17, 15) is 9.59 Å². The molecule has 0 radical (unpaired) electrons. The molecule has 1 aliphatic carbocycles. The number of piperidine rings is 1. The molecule has 1 spiro atoms. The van der Waals surface area contributed by atoms with E-state index in [-0.39, 0.29) is 23.3 Å². The van der Waals surface area contributed by atoms with Crippen molar-refractivity contribution in [3.05, 3.63) is 69.2 Å². The van der Waals surface area contributed by atoms with Gasteiger partial charge in [-0.15, -0.1) is 0 Å². The van der Waals surface area contributed by atoms with Gasteiger partial charge in [0, 0.05) is 35.0 Å². The quantitative estimate of drug-likeness (QED) is 0.392. The van der Waals surface area contributed by atoms with Gasteiger partial charge in [0.05, 0.1) is 11.5 Å². The van der Waals surface area contributed by atoms with Crippen LogP contribution in [0.5, 0.6) is 0 Å². The standard InChI is InChI=1S/C30H37BrClN3O2/c31-25-10-8-22(9-11-25)21-35-19-15-30(29(35)37)13-17-34(18-14-30)16-12-27(24-6-3-7-26(32)20-24)33-28(36)23-4-1-2-5-23/h3,6-11,20,23,27H,1-2,4-5,12-19,21H2,(H,33,36). The maximum Gasteiger partial charge on any atom is 0.229 e. The summed E-state index contributed by atoms with van der Waals surface area (Å²) in [6.45, 7) is 4.29. The number of hydrogen-bond acceptors (Lipinski definition) is 3. The Hall–Kier alpha value is -1.89. The summed E-state index contributed by atoms with van der Waals surface area (Å²) in [6, 6.07) is 16.1. The summed E-state index contributed by atoms with van der Waals surface area (Å²) in [4.78, 5) is 30.9. The third-order valence-corrected chi connectivity index (χ3v) is 9.49. The molecule has 1 unspecified atom stereocenters. The van der Waals surface area contributed by atoms with Crippen molar-refractivity contribution < 1.29 is 9.59 Å². The van der Waals surface area contributed by atoms with Crippen LogP contribution < -0.4 is 5.32 Å². The van der Waals surface area contributed by atoms with Crippen LogP contribution in [0.15, 0.2) is 53.0 Å². The lowest BCUT2D eigenvalue weighted by Crippen LogP contribution is -2.45. The number of carbonyl (C=O) groups is 2. The minimum atomic E-state index is -0.199. The second-order valence-electron chi connectivity index (χ2n) is 11.1. The molecule has 2 saturated heterocycles. The van der Waals surface area contributed by atoms with E-state index in [1.165, 1.54) is 5.56 Å². The molecule has 0 aromatic heterocycles. The Morgan fingerprint density at radius 2 is 1.76 bits per heavy atom. The predicted octanol–water partition coefficient (Wildman–Crippen LogP) is 6.35. The first-order valence-electron chi connectivity index (χ1n) is 13.7. The van der Waals surface area contributed by atoms with E-state index in [1.54, 1.807) is 0 Å². The Bertz CT molecular complexity index is 1090. The Morgan fingerprint density at radius 1 is 1.05 bits per heavy atom. The zero-order valence-corrected chi connectivity index (χ0v) is 23.8. The Balaban J connectivity index is 1.16. The maximum atomic E-state index is 13.4. The maximum absolute atomic E-state index is 13.4. The molecule has 2 amide bonds. The SMILES string of the molecule is O=C(NC(CCN1CCC2(CC1)CCN(Cc1ccc(Br)cc1)C2=O)c1cccc(Cl)c1)C1CCCC1. The van der Waals surface area contributed by atoms with Crippen molar-refractivity contribution in [1.82, 2.24) is 15.1 Å². The van der Waals surface area contributed by atoms with Crippen molar-refractivity contribution in [2.75, 3.05) is 26.2 Å². The molecule has 1 saturated carbocycles. The normalized spacial score (nSPS) is 21.0. The van der Waals surface area contributed by atoms with Crippen LogP contribution in [-0.4, -0.2) is 47.8 Å². The fourth-order valence-electron chi connectivity index (χ4n) is 6.36. The highest BCUT2D eigenvalue weighted by molar-refractivity contribution is 9.10. The van der Waals surface area contributed by atoms with Gasteiger partial charge in [-0.05, 0) is 87.0 Å². The van der Waals surface area contributed by atoms with Gasteiger partial charge in [-0.2, -0.15) is 0 Å². The largest absolute Gasteiger partial charge is 0.349 e. The van der Waals surface area contributed by atoms with Gasteiger partial charge in [-0.3, -0.25) is 9.59 Å². The molecule has 2 aromatic carbocycles. The Labute approximate surface area is 234 Å². The van der Waals surface area contributed by atoms with Gasteiger partial charge >= 0.3 is 0 Å². The molecule has 5 rings (SSSR count). The number of benzene rings is 2. The first kappa shape index (κ1) is 26.7. The van der Waals surface area contributed by atoms with Gasteiger partial charge < -0.3 is 15.1 Å². The summed E-state index contributed by atoms with van der Waals surface area (Å²) in [5, 5.41) is 4.04. The van der Waals surface area contributed by atoms with E-state index in [0.29, 0.717) is 17.5 Å². The van der Waals surface area contributed by atoms with E-state index >= 15 is 0 Å². The summed E-state index contributed by atoms with van der Waals surface area (Å²) in [6.07, 6.45) is 7.92. The molecule has 3 aliphatic rings. The number of likely N-dealkylation sites (tertiary alicyclic amines) is 2. The highest BCUT2D eigenvalue weighted by atomic mass is 79.9. The lowest BCUT2D eigenvalue weighted by atomic mass is 9.77. The Morgan fingerprint density at radius 3 is 2.46 bits per heavy atom. The van der Waals surface area contributed by atoms with Gasteiger partial charge in [0.2, 0.25) is 11.8 Å². The summed E-state index contributed by atoms with van der Waals surface area (Å²) in [7, 11) is 0. The summed E-state index contributed by atoms with van der Waals surface area (Å²) in [5.41, 5.74) is 2.05. The topological polar surface area (TPSA) is 52.7 Å². The molecule has 198 valence electrons. The van der Waals surface area contributed by atoms with Crippen LogP contribution in [0.25, 0.3) is 0 Å². The smallest absolute Gasteiger partial charge is 0.229 e. The molecule has 2 heterocycles. The lowest BCUT2D eigenvalue weighted by Gasteiger charge is -2.38. The van der Waals surface area contributed by atoms with Crippen LogP contribution >= 0.6 is 27.5 Å². The molecule has 2 aromatic rings. The zero-order chi connectivity index (χ0) is 25.8. The lowest BCUT2D eigenvalue weighted by molar-refractivity contribution is -0.139. The van der Waals surface area contributed by atoms with E-state index in [4.69, 9.17) is 11.6 Å². The molecular weight excluding hydrogens is 550 g/mol. The first-order chi connectivity index (χ1) is 17.9. The highest BCUT2D eigenvalue weighted by Crippen LogP contribution is 2.42. The molecule has 0 bridgehead atoms. The Kier molecular flexibility index (Phi) is 8.57. The average molecular weight is 587 g/mol. The molecule has 3 fully saturated rings. The fraction of sp³-hybridized carbons (Fsp3) is 0.533. The van der Waals surface area contributed by atoms with E-state index in [0.717, 1.165) is 87.6 Å². The molecule has 1 N–H and O–H groups in total. The van der Waals surface area contributed by atoms with Crippen LogP contribution in [0, 0.1) is 11.3 Å². The van der Waals surface area contributed by atoms with Gasteiger partial charge in [0.25, 0.3) is 0 Å². The number of rotatable bonds is 8. The molecule has 5 nitrogen and oxygen atoms in total. The highest BCUT2D eigenvalue weighted by Gasteiger charge is 2.47. The summed E-state index contributed by atoms with van der Waals surface area (Å²) < 4.78 is 1.06. The van der Waals surface area contributed by atoms with Gasteiger partial charge in [0.15, 0.2) is 0 Å². The van der Waals surface area contributed by atoms with Gasteiger partial charge in [-0.1, -0.05) is 64.6 Å². The molecule has 1 atom stereocenters. The number of hydrogen-bond donors (Lipinski definition) is 1. The van der Waals surface area contributed by atoms with Crippen LogP contribution in [0.3, 0.4) is 0 Å². The van der Waals surface area contributed by atoms with Crippen molar-refractivity contribution in [3.63, 3.8) is 0 Å².